The molecule has 20 heavy (non-hydrogen) atoms. The van der Waals surface area contributed by atoms with Gasteiger partial charge in [0.1, 0.15) is 5.82 Å². The Kier molecular flexibility index (Phi) is 3.38. The second-order valence-corrected chi connectivity index (χ2v) is 4.90. The van der Waals surface area contributed by atoms with Crippen LogP contribution in [0.3, 0.4) is 0 Å². The summed E-state index contributed by atoms with van der Waals surface area (Å²) >= 11 is 0. The summed E-state index contributed by atoms with van der Waals surface area (Å²) < 4.78 is 78.9. The zero-order valence-corrected chi connectivity index (χ0v) is 10.1. The fourth-order valence-corrected chi connectivity index (χ4v) is 1.51. The van der Waals surface area contributed by atoms with Crippen LogP contribution in [0.25, 0.3) is 11.5 Å². The lowest BCUT2D eigenvalue weighted by Gasteiger charge is -2.05. The first-order chi connectivity index (χ1) is 9.19. The molecule has 0 aliphatic rings. The molecule has 0 fully saturated rings. The van der Waals surface area contributed by atoms with Crippen LogP contribution in [0.4, 0.5) is 17.6 Å². The first-order valence-corrected chi connectivity index (χ1v) is 6.17. The van der Waals surface area contributed by atoms with Crippen LogP contribution >= 0.6 is 0 Å². The number of alkyl halides is 3. The zero-order chi connectivity index (χ0) is 15.0. The Morgan fingerprint density at radius 2 is 1.95 bits per heavy atom. The third kappa shape index (κ3) is 2.87. The summed E-state index contributed by atoms with van der Waals surface area (Å²) in [4.78, 5) is 6.82. The van der Waals surface area contributed by atoms with E-state index in [4.69, 9.17) is 0 Å². The van der Waals surface area contributed by atoms with Gasteiger partial charge in [0.05, 0.1) is 11.8 Å². The summed E-state index contributed by atoms with van der Waals surface area (Å²) in [7, 11) is -5.84. The lowest BCUT2D eigenvalue weighted by molar-refractivity contribution is -0.0501. The average Bonchev–Trinajstić information content (AvgIpc) is 2.75. The molecule has 6 nitrogen and oxygen atoms in total. The van der Waals surface area contributed by atoms with Crippen molar-refractivity contribution in [1.29, 1.82) is 0 Å². The van der Waals surface area contributed by atoms with E-state index < -0.39 is 27.3 Å². The van der Waals surface area contributed by atoms with Gasteiger partial charge in [-0.1, -0.05) is 0 Å². The van der Waals surface area contributed by atoms with Crippen LogP contribution in [-0.4, -0.2) is 23.9 Å². The molecule has 0 aromatic carbocycles. The van der Waals surface area contributed by atoms with Crippen LogP contribution < -0.4 is 4.18 Å². The Morgan fingerprint density at radius 1 is 1.25 bits per heavy atom. The molecule has 0 atom stereocenters. The van der Waals surface area contributed by atoms with Crippen molar-refractivity contribution in [3.8, 4) is 17.3 Å². The maximum absolute atomic E-state index is 12.9. The van der Waals surface area contributed by atoms with E-state index in [9.17, 15) is 26.0 Å². The lowest BCUT2D eigenvalue weighted by Crippen LogP contribution is -2.28. The molecule has 0 aliphatic heterocycles. The highest BCUT2D eigenvalue weighted by atomic mass is 32.2. The van der Waals surface area contributed by atoms with Crippen molar-refractivity contribution >= 4 is 10.1 Å². The van der Waals surface area contributed by atoms with Gasteiger partial charge in [0.15, 0.2) is 6.26 Å². The van der Waals surface area contributed by atoms with Crippen molar-refractivity contribution in [1.82, 2.24) is 9.97 Å². The van der Waals surface area contributed by atoms with E-state index in [0.29, 0.717) is 6.26 Å². The number of halogens is 4. The summed E-state index contributed by atoms with van der Waals surface area (Å²) in [6, 6.07) is 0.945. The molecule has 2 aromatic rings. The van der Waals surface area contributed by atoms with Crippen LogP contribution in [0, 0.1) is 5.82 Å². The molecule has 0 radical (unpaired) electrons. The average molecular weight is 312 g/mol. The summed E-state index contributed by atoms with van der Waals surface area (Å²) in [5.74, 6) is -2.00. The predicted octanol–water partition coefficient (Wildman–Crippen LogP) is 2.10. The SMILES string of the molecule is O=S(=O)(Oc1coc(-c2cncc(F)c2)n1)C(F)(F)F. The monoisotopic (exact) mass is 312 g/mol. The number of nitrogens with zero attached hydrogens (tertiary/aromatic N) is 2. The summed E-state index contributed by atoms with van der Waals surface area (Å²) in [5, 5.41) is 0. The first-order valence-electron chi connectivity index (χ1n) is 4.76. The van der Waals surface area contributed by atoms with Gasteiger partial charge in [0.25, 0.3) is 5.88 Å². The minimum Gasteiger partial charge on any atom is -0.440 e. The highest BCUT2D eigenvalue weighted by molar-refractivity contribution is 7.87. The quantitative estimate of drug-likeness (QED) is 0.490. The lowest BCUT2D eigenvalue weighted by atomic mass is 10.3. The third-order valence-corrected chi connectivity index (χ3v) is 2.87. The number of oxazole rings is 1. The number of hydrogen-bond donors (Lipinski definition) is 0. The van der Waals surface area contributed by atoms with E-state index in [2.05, 4.69) is 18.6 Å². The highest BCUT2D eigenvalue weighted by Crippen LogP contribution is 2.28. The fourth-order valence-electron chi connectivity index (χ4n) is 1.12. The molecule has 108 valence electrons. The van der Waals surface area contributed by atoms with E-state index in [0.717, 1.165) is 18.5 Å². The van der Waals surface area contributed by atoms with E-state index in [1.807, 2.05) is 0 Å². The van der Waals surface area contributed by atoms with Gasteiger partial charge in [-0.2, -0.15) is 26.6 Å². The molecule has 2 rings (SSSR count). The normalized spacial score (nSPS) is 12.4. The molecular formula is C9H4F4N2O4S. The smallest absolute Gasteiger partial charge is 0.440 e. The summed E-state index contributed by atoms with van der Waals surface area (Å²) in [6.07, 6.45) is 2.55. The highest BCUT2D eigenvalue weighted by Gasteiger charge is 2.49. The second-order valence-electron chi connectivity index (χ2n) is 3.37. The minimum absolute atomic E-state index is 0.00394. The molecule has 0 saturated heterocycles. The Balaban J connectivity index is 2.27. The summed E-state index contributed by atoms with van der Waals surface area (Å²) in [6.45, 7) is 0. The molecule has 0 N–H and O–H groups in total. The standard InChI is InChI=1S/C9H4F4N2O4S/c10-6-1-5(2-14-3-6)8-15-7(4-18-8)19-20(16,17)9(11,12)13/h1-4H. The Hall–Kier alpha value is -2.17. The number of aromatic nitrogens is 2. The van der Waals surface area contributed by atoms with Crippen molar-refractivity contribution < 1.29 is 34.6 Å². The van der Waals surface area contributed by atoms with Crippen molar-refractivity contribution in [2.45, 2.75) is 5.51 Å². The predicted molar refractivity (Wildman–Crippen MR) is 55.3 cm³/mol. The van der Waals surface area contributed by atoms with Crippen LogP contribution in [0.1, 0.15) is 0 Å². The zero-order valence-electron chi connectivity index (χ0n) is 9.26. The molecule has 0 bridgehead atoms. The molecule has 0 aliphatic carbocycles. The maximum atomic E-state index is 12.9. The molecule has 2 aromatic heterocycles. The molecular weight excluding hydrogens is 308 g/mol. The van der Waals surface area contributed by atoms with E-state index in [1.165, 1.54) is 0 Å². The molecule has 2 heterocycles. The molecule has 0 spiro atoms. The Labute approximate surface area is 109 Å². The molecule has 0 unspecified atom stereocenters. The van der Waals surface area contributed by atoms with Crippen LogP contribution in [0.5, 0.6) is 5.88 Å². The van der Waals surface area contributed by atoms with Crippen LogP contribution in [0.15, 0.2) is 29.1 Å². The first kappa shape index (κ1) is 14.2. The second kappa shape index (κ2) is 4.74. The molecule has 0 saturated carbocycles. The molecule has 0 amide bonds. The van der Waals surface area contributed by atoms with Crippen molar-refractivity contribution in [3.05, 3.63) is 30.5 Å². The van der Waals surface area contributed by atoms with Gasteiger partial charge in [-0.15, -0.1) is 0 Å². The largest absolute Gasteiger partial charge is 0.534 e. The van der Waals surface area contributed by atoms with Gasteiger partial charge >= 0.3 is 15.6 Å². The number of hydrogen-bond acceptors (Lipinski definition) is 6. The van der Waals surface area contributed by atoms with Crippen LogP contribution in [0.2, 0.25) is 0 Å². The number of pyridine rings is 1. The van der Waals surface area contributed by atoms with E-state index in [1.54, 1.807) is 0 Å². The Bertz CT molecular complexity index is 726. The third-order valence-electron chi connectivity index (χ3n) is 1.91. The van der Waals surface area contributed by atoms with Gasteiger partial charge in [0, 0.05) is 6.20 Å². The van der Waals surface area contributed by atoms with Gasteiger partial charge in [-0.25, -0.2) is 4.39 Å². The van der Waals surface area contributed by atoms with E-state index >= 15 is 0 Å². The summed E-state index contributed by atoms with van der Waals surface area (Å²) in [5.41, 5.74) is -5.59. The van der Waals surface area contributed by atoms with Gasteiger partial charge in [0.2, 0.25) is 5.89 Å². The maximum Gasteiger partial charge on any atom is 0.534 e. The van der Waals surface area contributed by atoms with E-state index in [-0.39, 0.29) is 11.5 Å². The Morgan fingerprint density at radius 3 is 2.55 bits per heavy atom. The van der Waals surface area contributed by atoms with Crippen LogP contribution in [-0.2, 0) is 10.1 Å². The fraction of sp³-hybridized carbons (Fsp3) is 0.111. The minimum atomic E-state index is -5.84. The number of rotatable bonds is 3. The van der Waals surface area contributed by atoms with Crippen molar-refractivity contribution in [2.75, 3.05) is 0 Å². The van der Waals surface area contributed by atoms with Gasteiger partial charge in [-0.3, -0.25) is 4.98 Å². The van der Waals surface area contributed by atoms with Crippen molar-refractivity contribution in [3.63, 3.8) is 0 Å². The topological polar surface area (TPSA) is 82.3 Å². The van der Waals surface area contributed by atoms with Gasteiger partial charge in [-0.05, 0) is 6.07 Å². The van der Waals surface area contributed by atoms with Gasteiger partial charge < -0.3 is 8.60 Å². The van der Waals surface area contributed by atoms with Crippen molar-refractivity contribution in [2.24, 2.45) is 0 Å². The molecule has 11 heteroatoms.